The summed E-state index contributed by atoms with van der Waals surface area (Å²) < 4.78 is 0. The largest absolute Gasteiger partial charge is 0.294 e. The highest BCUT2D eigenvalue weighted by Gasteiger charge is 2.26. The standard InChI is InChI=1S/C15H25N/c1-5-12-16(13-6-2)15(3,4)14-10-8-7-9-11-14/h7-11H,5-6,12-13H2,1-4H3. The molecule has 0 aromatic heterocycles. The summed E-state index contributed by atoms with van der Waals surface area (Å²) in [7, 11) is 0. The van der Waals surface area contributed by atoms with Crippen molar-refractivity contribution in [2.75, 3.05) is 13.1 Å². The smallest absolute Gasteiger partial charge is 0.0404 e. The number of rotatable bonds is 6. The lowest BCUT2D eigenvalue weighted by Crippen LogP contribution is -2.42. The third kappa shape index (κ3) is 3.08. The normalized spacial score (nSPS) is 12.1. The van der Waals surface area contributed by atoms with Crippen LogP contribution in [0, 0.1) is 0 Å². The van der Waals surface area contributed by atoms with Crippen molar-refractivity contribution in [2.45, 2.75) is 46.1 Å². The van der Waals surface area contributed by atoms with Gasteiger partial charge in [-0.2, -0.15) is 0 Å². The van der Waals surface area contributed by atoms with Crippen LogP contribution in [-0.2, 0) is 5.54 Å². The van der Waals surface area contributed by atoms with Crippen molar-refractivity contribution in [3.63, 3.8) is 0 Å². The lowest BCUT2D eigenvalue weighted by Gasteiger charge is -2.39. The van der Waals surface area contributed by atoms with E-state index >= 15 is 0 Å². The maximum absolute atomic E-state index is 2.59. The second-order valence-electron chi connectivity index (χ2n) is 4.91. The van der Waals surface area contributed by atoms with E-state index in [9.17, 15) is 0 Å². The van der Waals surface area contributed by atoms with E-state index in [0.717, 1.165) is 0 Å². The molecule has 0 saturated carbocycles. The van der Waals surface area contributed by atoms with Crippen molar-refractivity contribution in [3.05, 3.63) is 35.9 Å². The topological polar surface area (TPSA) is 3.24 Å². The third-order valence-corrected chi connectivity index (χ3v) is 3.26. The molecule has 0 bridgehead atoms. The number of hydrogen-bond acceptors (Lipinski definition) is 1. The summed E-state index contributed by atoms with van der Waals surface area (Å²) in [5.41, 5.74) is 1.56. The molecule has 90 valence electrons. The minimum absolute atomic E-state index is 0.146. The first kappa shape index (κ1) is 13.2. The van der Waals surface area contributed by atoms with Gasteiger partial charge in [-0.05, 0) is 45.3 Å². The van der Waals surface area contributed by atoms with Gasteiger partial charge in [0.2, 0.25) is 0 Å². The summed E-state index contributed by atoms with van der Waals surface area (Å²) in [5.74, 6) is 0. The molecule has 0 fully saturated rings. The first-order chi connectivity index (χ1) is 7.62. The molecular weight excluding hydrogens is 194 g/mol. The fourth-order valence-electron chi connectivity index (χ4n) is 2.24. The van der Waals surface area contributed by atoms with Gasteiger partial charge in [0, 0.05) is 5.54 Å². The zero-order chi connectivity index (χ0) is 12.0. The van der Waals surface area contributed by atoms with Gasteiger partial charge in [0.25, 0.3) is 0 Å². The first-order valence-electron chi connectivity index (χ1n) is 6.43. The summed E-state index contributed by atoms with van der Waals surface area (Å²) in [4.78, 5) is 2.59. The lowest BCUT2D eigenvalue weighted by molar-refractivity contribution is 0.119. The van der Waals surface area contributed by atoms with E-state index in [1.165, 1.54) is 31.5 Å². The van der Waals surface area contributed by atoms with Crippen LogP contribution >= 0.6 is 0 Å². The zero-order valence-corrected chi connectivity index (χ0v) is 11.2. The molecule has 0 N–H and O–H groups in total. The molecule has 1 rings (SSSR count). The Balaban J connectivity index is 2.88. The molecular formula is C15H25N. The van der Waals surface area contributed by atoms with Gasteiger partial charge in [0.1, 0.15) is 0 Å². The number of nitrogens with zero attached hydrogens (tertiary/aromatic N) is 1. The average molecular weight is 219 g/mol. The highest BCUT2D eigenvalue weighted by molar-refractivity contribution is 5.22. The van der Waals surface area contributed by atoms with Crippen molar-refractivity contribution >= 4 is 0 Å². The molecule has 0 spiro atoms. The van der Waals surface area contributed by atoms with Crippen LogP contribution in [0.1, 0.15) is 46.1 Å². The average Bonchev–Trinajstić information content (AvgIpc) is 2.30. The fraction of sp³-hybridized carbons (Fsp3) is 0.600. The van der Waals surface area contributed by atoms with Gasteiger partial charge < -0.3 is 0 Å². The van der Waals surface area contributed by atoms with Gasteiger partial charge in [0.05, 0.1) is 0 Å². The Morgan fingerprint density at radius 3 is 1.88 bits per heavy atom. The molecule has 1 aromatic carbocycles. The summed E-state index contributed by atoms with van der Waals surface area (Å²) in [6, 6.07) is 10.8. The molecule has 1 heteroatoms. The molecule has 0 aliphatic rings. The fourth-order valence-corrected chi connectivity index (χ4v) is 2.24. The van der Waals surface area contributed by atoms with E-state index in [-0.39, 0.29) is 5.54 Å². The molecule has 1 nitrogen and oxygen atoms in total. The third-order valence-electron chi connectivity index (χ3n) is 3.26. The van der Waals surface area contributed by atoms with Crippen molar-refractivity contribution in [1.82, 2.24) is 4.90 Å². The molecule has 0 unspecified atom stereocenters. The van der Waals surface area contributed by atoms with Crippen molar-refractivity contribution < 1.29 is 0 Å². The van der Waals surface area contributed by atoms with E-state index in [2.05, 4.69) is 62.9 Å². The van der Waals surface area contributed by atoms with E-state index < -0.39 is 0 Å². The van der Waals surface area contributed by atoms with Crippen LogP contribution in [-0.4, -0.2) is 18.0 Å². The molecule has 0 aliphatic carbocycles. The monoisotopic (exact) mass is 219 g/mol. The van der Waals surface area contributed by atoms with E-state index in [1.807, 2.05) is 0 Å². The Morgan fingerprint density at radius 2 is 1.44 bits per heavy atom. The van der Waals surface area contributed by atoms with Crippen LogP contribution in [0.2, 0.25) is 0 Å². The van der Waals surface area contributed by atoms with E-state index in [4.69, 9.17) is 0 Å². The zero-order valence-electron chi connectivity index (χ0n) is 11.2. The van der Waals surface area contributed by atoms with Gasteiger partial charge in [-0.1, -0.05) is 44.2 Å². The number of benzene rings is 1. The first-order valence-corrected chi connectivity index (χ1v) is 6.43. The summed E-state index contributed by atoms with van der Waals surface area (Å²) in [6.45, 7) is 11.5. The second kappa shape index (κ2) is 6.05. The highest BCUT2D eigenvalue weighted by atomic mass is 15.2. The van der Waals surface area contributed by atoms with Gasteiger partial charge in [-0.15, -0.1) is 0 Å². The molecule has 0 atom stereocenters. The molecule has 0 amide bonds. The Morgan fingerprint density at radius 1 is 0.938 bits per heavy atom. The van der Waals surface area contributed by atoms with E-state index in [0.29, 0.717) is 0 Å². The molecule has 1 aromatic rings. The second-order valence-corrected chi connectivity index (χ2v) is 4.91. The maximum atomic E-state index is 2.59. The predicted molar refractivity (Wildman–Crippen MR) is 71.6 cm³/mol. The van der Waals surface area contributed by atoms with Crippen LogP contribution < -0.4 is 0 Å². The van der Waals surface area contributed by atoms with Gasteiger partial charge in [-0.3, -0.25) is 4.90 Å². The van der Waals surface area contributed by atoms with Crippen LogP contribution in [0.25, 0.3) is 0 Å². The minimum atomic E-state index is 0.146. The van der Waals surface area contributed by atoms with Gasteiger partial charge in [0.15, 0.2) is 0 Å². The quantitative estimate of drug-likeness (QED) is 0.698. The molecule has 0 saturated heterocycles. The SMILES string of the molecule is CCCN(CCC)C(C)(C)c1ccccc1. The molecule has 16 heavy (non-hydrogen) atoms. The summed E-state index contributed by atoms with van der Waals surface area (Å²) >= 11 is 0. The molecule has 0 aliphatic heterocycles. The minimum Gasteiger partial charge on any atom is -0.294 e. The Kier molecular flexibility index (Phi) is 5.01. The van der Waals surface area contributed by atoms with Crippen LogP contribution in [0.5, 0.6) is 0 Å². The molecule has 0 radical (unpaired) electrons. The summed E-state index contributed by atoms with van der Waals surface area (Å²) in [6.07, 6.45) is 2.44. The van der Waals surface area contributed by atoms with Crippen LogP contribution in [0.15, 0.2) is 30.3 Å². The Labute approximate surface area is 100 Å². The maximum Gasteiger partial charge on any atom is 0.0404 e. The van der Waals surface area contributed by atoms with E-state index in [1.54, 1.807) is 0 Å². The van der Waals surface area contributed by atoms with Crippen molar-refractivity contribution in [1.29, 1.82) is 0 Å². The Hall–Kier alpha value is -0.820. The van der Waals surface area contributed by atoms with Crippen molar-refractivity contribution in [3.8, 4) is 0 Å². The number of hydrogen-bond donors (Lipinski definition) is 0. The van der Waals surface area contributed by atoms with Gasteiger partial charge >= 0.3 is 0 Å². The molecule has 0 heterocycles. The Bertz CT molecular complexity index is 284. The summed E-state index contributed by atoms with van der Waals surface area (Å²) in [5, 5.41) is 0. The van der Waals surface area contributed by atoms with Crippen LogP contribution in [0.4, 0.5) is 0 Å². The van der Waals surface area contributed by atoms with Gasteiger partial charge in [-0.25, -0.2) is 0 Å². The lowest BCUT2D eigenvalue weighted by atomic mass is 9.92. The van der Waals surface area contributed by atoms with Crippen molar-refractivity contribution in [2.24, 2.45) is 0 Å². The predicted octanol–water partition coefficient (Wildman–Crippen LogP) is 4.04. The highest BCUT2D eigenvalue weighted by Crippen LogP contribution is 2.27. The van der Waals surface area contributed by atoms with Crippen LogP contribution in [0.3, 0.4) is 0 Å².